The molecule has 1 aliphatic rings. The Labute approximate surface area is 164 Å². The van der Waals surface area contributed by atoms with Gasteiger partial charge in [-0.15, -0.1) is 0 Å². The van der Waals surface area contributed by atoms with Gasteiger partial charge in [-0.2, -0.15) is 0 Å². The van der Waals surface area contributed by atoms with E-state index < -0.39 is 36.8 Å². The van der Waals surface area contributed by atoms with Crippen LogP contribution < -0.4 is 0 Å². The first-order valence-electron chi connectivity index (χ1n) is 8.08. The smallest absolute Gasteiger partial charge is 0.245 e. The maximum atomic E-state index is 10.7. The first-order valence-corrected chi connectivity index (χ1v) is 8.84. The third-order valence-corrected chi connectivity index (χ3v) is 4.72. The normalized spacial score (nSPS) is 31.0. The number of benzene rings is 1. The van der Waals surface area contributed by atoms with Crippen LogP contribution in [0.1, 0.15) is 11.3 Å². The van der Waals surface area contributed by atoms with Crippen LogP contribution in [-0.4, -0.2) is 61.4 Å². The summed E-state index contributed by atoms with van der Waals surface area (Å²) in [6, 6.07) is 9.00. The molecule has 4 N–H and O–H groups in total. The maximum Gasteiger partial charge on any atom is 0.245 e. The quantitative estimate of drug-likeness (QED) is 0.558. The van der Waals surface area contributed by atoms with Gasteiger partial charge in [0.05, 0.1) is 19.4 Å². The molecule has 1 saturated heterocycles. The van der Waals surface area contributed by atoms with Crippen LogP contribution >= 0.6 is 23.2 Å². The highest BCUT2D eigenvalue weighted by Crippen LogP contribution is 2.41. The molecule has 1 aromatic carbocycles. The van der Waals surface area contributed by atoms with Crippen molar-refractivity contribution in [2.45, 2.75) is 36.8 Å². The van der Waals surface area contributed by atoms with Gasteiger partial charge in [-0.25, -0.2) is 9.97 Å². The van der Waals surface area contributed by atoms with Gasteiger partial charge in [-0.05, 0) is 5.56 Å². The van der Waals surface area contributed by atoms with Crippen LogP contribution in [0.5, 0.6) is 0 Å². The molecule has 1 aliphatic heterocycles. The Hall–Kier alpha value is -1.36. The van der Waals surface area contributed by atoms with Crippen LogP contribution in [0.15, 0.2) is 36.5 Å². The Morgan fingerprint density at radius 1 is 1.11 bits per heavy atom. The number of ether oxygens (including phenoxy) is 2. The van der Waals surface area contributed by atoms with Gasteiger partial charge in [0, 0.05) is 0 Å². The van der Waals surface area contributed by atoms with E-state index in [1.54, 1.807) is 24.3 Å². The third kappa shape index (κ3) is 3.94. The number of rotatable bonds is 5. The lowest BCUT2D eigenvalue weighted by Gasteiger charge is -2.47. The van der Waals surface area contributed by atoms with Gasteiger partial charge in [-0.1, -0.05) is 53.5 Å². The van der Waals surface area contributed by atoms with Crippen molar-refractivity contribution in [2.75, 3.05) is 6.61 Å². The van der Waals surface area contributed by atoms with Crippen LogP contribution in [0, 0.1) is 0 Å². The zero-order valence-corrected chi connectivity index (χ0v) is 15.5. The third-order valence-electron chi connectivity index (χ3n) is 4.28. The number of aliphatic hydroxyl groups is 4. The van der Waals surface area contributed by atoms with Crippen molar-refractivity contribution in [3.63, 3.8) is 0 Å². The molecule has 0 bridgehead atoms. The molecule has 1 fully saturated rings. The molecule has 1 aromatic heterocycles. The maximum absolute atomic E-state index is 10.7. The van der Waals surface area contributed by atoms with Crippen LogP contribution in [0.4, 0.5) is 0 Å². The molecule has 0 saturated carbocycles. The van der Waals surface area contributed by atoms with E-state index >= 15 is 0 Å². The molecule has 0 radical (unpaired) electrons. The highest BCUT2D eigenvalue weighted by molar-refractivity contribution is 6.32. The second-order valence-corrected chi connectivity index (χ2v) is 6.78. The van der Waals surface area contributed by atoms with Gasteiger partial charge >= 0.3 is 0 Å². The number of aliphatic hydroxyl groups excluding tert-OH is 4. The average molecular weight is 417 g/mol. The van der Waals surface area contributed by atoms with Gasteiger partial charge in [0.1, 0.15) is 35.3 Å². The number of aromatic nitrogens is 2. The van der Waals surface area contributed by atoms with Crippen LogP contribution in [0.25, 0.3) is 0 Å². The van der Waals surface area contributed by atoms with Gasteiger partial charge < -0.3 is 29.9 Å². The minimum atomic E-state index is -2.09. The van der Waals surface area contributed by atoms with Crippen LogP contribution in [0.2, 0.25) is 10.3 Å². The van der Waals surface area contributed by atoms with Crippen molar-refractivity contribution in [3.05, 3.63) is 58.1 Å². The fourth-order valence-electron chi connectivity index (χ4n) is 2.87. The molecule has 27 heavy (non-hydrogen) atoms. The second-order valence-electron chi connectivity index (χ2n) is 6.04. The summed E-state index contributed by atoms with van der Waals surface area (Å²) < 4.78 is 11.5. The number of hydrogen-bond acceptors (Lipinski definition) is 8. The van der Waals surface area contributed by atoms with E-state index in [2.05, 4.69) is 9.97 Å². The van der Waals surface area contributed by atoms with Gasteiger partial charge in [0.25, 0.3) is 0 Å². The van der Waals surface area contributed by atoms with Crippen molar-refractivity contribution in [1.82, 2.24) is 9.97 Å². The molecule has 8 nitrogen and oxygen atoms in total. The van der Waals surface area contributed by atoms with E-state index in [0.29, 0.717) is 0 Å². The van der Waals surface area contributed by atoms with Crippen molar-refractivity contribution in [2.24, 2.45) is 0 Å². The summed E-state index contributed by atoms with van der Waals surface area (Å²) in [6.45, 7) is -0.681. The Balaban J connectivity index is 2.04. The molecule has 0 aliphatic carbocycles. The molecule has 0 spiro atoms. The van der Waals surface area contributed by atoms with Gasteiger partial charge in [0.2, 0.25) is 5.79 Å². The second kappa shape index (κ2) is 8.34. The van der Waals surface area contributed by atoms with Crippen molar-refractivity contribution >= 4 is 23.2 Å². The summed E-state index contributed by atoms with van der Waals surface area (Å²) in [7, 11) is 0. The predicted octanol–water partition coefficient (Wildman–Crippen LogP) is 0.627. The Kier molecular flexibility index (Phi) is 6.29. The van der Waals surface area contributed by atoms with Crippen molar-refractivity contribution in [3.8, 4) is 0 Å². The van der Waals surface area contributed by atoms with E-state index in [9.17, 15) is 20.4 Å². The van der Waals surface area contributed by atoms with Crippen molar-refractivity contribution < 1.29 is 29.9 Å². The monoisotopic (exact) mass is 416 g/mol. The Morgan fingerprint density at radius 3 is 2.44 bits per heavy atom. The van der Waals surface area contributed by atoms with E-state index in [1.165, 1.54) is 6.20 Å². The van der Waals surface area contributed by atoms with Gasteiger partial charge in [0.15, 0.2) is 5.15 Å². The highest BCUT2D eigenvalue weighted by Gasteiger charge is 2.57. The zero-order chi connectivity index (χ0) is 19.6. The Morgan fingerprint density at radius 2 is 1.81 bits per heavy atom. The predicted molar refractivity (Wildman–Crippen MR) is 94.9 cm³/mol. The molecule has 146 valence electrons. The summed E-state index contributed by atoms with van der Waals surface area (Å²) in [4.78, 5) is 7.92. The van der Waals surface area contributed by atoms with Crippen LogP contribution in [0.3, 0.4) is 0 Å². The fourth-order valence-corrected chi connectivity index (χ4v) is 3.32. The molecular formula is C17H18Cl2N2O6. The summed E-state index contributed by atoms with van der Waals surface area (Å²) in [5.74, 6) is -2.09. The molecule has 2 aromatic rings. The minimum absolute atomic E-state index is 0.00606. The van der Waals surface area contributed by atoms with Crippen LogP contribution in [-0.2, 0) is 21.9 Å². The highest BCUT2D eigenvalue weighted by atomic mass is 35.5. The lowest BCUT2D eigenvalue weighted by molar-refractivity contribution is -0.378. The molecule has 10 heteroatoms. The molecule has 5 atom stereocenters. The molecular weight excluding hydrogens is 399 g/mol. The first-order chi connectivity index (χ1) is 12.9. The Bertz CT molecular complexity index is 781. The van der Waals surface area contributed by atoms with Crippen molar-refractivity contribution in [1.29, 1.82) is 0 Å². The van der Waals surface area contributed by atoms with E-state index in [4.69, 9.17) is 32.7 Å². The van der Waals surface area contributed by atoms with E-state index in [0.717, 1.165) is 5.56 Å². The average Bonchev–Trinajstić information content (AvgIpc) is 2.67. The van der Waals surface area contributed by atoms with E-state index in [1.807, 2.05) is 6.07 Å². The summed E-state index contributed by atoms with van der Waals surface area (Å²) >= 11 is 11.9. The molecule has 2 heterocycles. The first kappa shape index (κ1) is 20.4. The number of nitrogens with zero attached hydrogens (tertiary/aromatic N) is 2. The number of hydrogen-bond donors (Lipinski definition) is 4. The summed E-state index contributed by atoms with van der Waals surface area (Å²) in [5.41, 5.74) is 0.605. The van der Waals surface area contributed by atoms with Gasteiger partial charge in [-0.3, -0.25) is 0 Å². The lowest BCUT2D eigenvalue weighted by Crippen LogP contribution is -2.64. The summed E-state index contributed by atoms with van der Waals surface area (Å²) in [5, 5.41) is 40.4. The number of halogens is 2. The fraction of sp³-hybridized carbons (Fsp3) is 0.412. The zero-order valence-electron chi connectivity index (χ0n) is 13.9. The standard InChI is InChI=1S/C17H18Cl2N2O6/c18-11-6-20-14(16(19)21-11)17(26-8-9-4-2-1-3-5-9)15(25)13(24)12(23)10(7-22)27-17/h1-6,10,12-13,15,22-25H,7-8H2/t10-,12-,13+,15-,17?/m1/s1. The largest absolute Gasteiger partial charge is 0.394 e. The van der Waals surface area contributed by atoms with E-state index in [-0.39, 0.29) is 22.6 Å². The minimum Gasteiger partial charge on any atom is -0.394 e. The SMILES string of the molecule is OC[C@H]1OC(OCc2ccccc2)(c2ncc(Cl)nc2Cl)[C@H](O)[C@@H](O)[C@@H]1O. The molecule has 3 rings (SSSR count). The topological polar surface area (TPSA) is 125 Å². The molecule has 0 amide bonds. The lowest BCUT2D eigenvalue weighted by atomic mass is 9.90. The molecule has 1 unspecified atom stereocenters. The summed E-state index contributed by atoms with van der Waals surface area (Å²) in [6.07, 6.45) is -5.09.